The lowest BCUT2D eigenvalue weighted by Crippen LogP contribution is -2.45. The zero-order valence-electron chi connectivity index (χ0n) is 12.7. The molecule has 23 heavy (non-hydrogen) atoms. The first-order valence-corrected chi connectivity index (χ1v) is 7.01. The normalized spacial score (nSPS) is 11.2. The van der Waals surface area contributed by atoms with Crippen LogP contribution in [0.25, 0.3) is 0 Å². The van der Waals surface area contributed by atoms with Crippen LogP contribution in [-0.2, 0) is 11.2 Å². The number of furan rings is 1. The minimum absolute atomic E-state index is 0. The predicted molar refractivity (Wildman–Crippen MR) is 90.5 cm³/mol. The van der Waals surface area contributed by atoms with Crippen LogP contribution in [0.4, 0.5) is 5.69 Å². The molecule has 2 amide bonds. The van der Waals surface area contributed by atoms with Gasteiger partial charge in [0, 0.05) is 12.2 Å². The van der Waals surface area contributed by atoms with Crippen LogP contribution in [0.2, 0.25) is 0 Å². The Labute approximate surface area is 140 Å². The van der Waals surface area contributed by atoms with E-state index >= 15 is 0 Å². The molecule has 0 fully saturated rings. The number of benzene rings is 1. The molecule has 124 valence electrons. The fourth-order valence-corrected chi connectivity index (χ4v) is 1.91. The molecule has 4 N–H and O–H groups in total. The molecule has 0 spiro atoms. The minimum atomic E-state index is -0.617. The standard InChI is InChI=1S/C16H19N3O3.ClH/c1-11(19-16(21)13-7-9-22-10-13)15(20)18-8-6-12-2-4-14(17)5-3-12;/h2-5,7,9-11H,6,8,17H2,1H3,(H,18,20)(H,19,21);1H. The van der Waals surface area contributed by atoms with Gasteiger partial charge in [0.05, 0.1) is 11.8 Å². The maximum absolute atomic E-state index is 11.9. The summed E-state index contributed by atoms with van der Waals surface area (Å²) in [6.45, 7) is 2.13. The van der Waals surface area contributed by atoms with E-state index in [-0.39, 0.29) is 24.2 Å². The van der Waals surface area contributed by atoms with Crippen LogP contribution in [0, 0.1) is 0 Å². The van der Waals surface area contributed by atoms with Crippen molar-refractivity contribution in [1.29, 1.82) is 0 Å². The van der Waals surface area contributed by atoms with Crippen LogP contribution >= 0.6 is 12.4 Å². The van der Waals surface area contributed by atoms with Crippen molar-refractivity contribution in [2.75, 3.05) is 12.3 Å². The van der Waals surface area contributed by atoms with E-state index in [0.29, 0.717) is 24.2 Å². The number of carbonyl (C=O) groups is 2. The Morgan fingerprint density at radius 3 is 2.52 bits per heavy atom. The topological polar surface area (TPSA) is 97.4 Å². The number of nitrogens with one attached hydrogen (secondary N) is 2. The van der Waals surface area contributed by atoms with Crippen LogP contribution in [0.1, 0.15) is 22.8 Å². The Morgan fingerprint density at radius 1 is 1.22 bits per heavy atom. The summed E-state index contributed by atoms with van der Waals surface area (Å²) in [4.78, 5) is 23.7. The van der Waals surface area contributed by atoms with E-state index in [4.69, 9.17) is 10.2 Å². The lowest BCUT2D eigenvalue weighted by molar-refractivity contribution is -0.122. The maximum atomic E-state index is 11.9. The molecule has 0 bridgehead atoms. The van der Waals surface area contributed by atoms with Crippen molar-refractivity contribution in [1.82, 2.24) is 10.6 Å². The van der Waals surface area contributed by atoms with Gasteiger partial charge in [0.25, 0.3) is 5.91 Å². The molecule has 7 heteroatoms. The molecule has 0 radical (unpaired) electrons. The predicted octanol–water partition coefficient (Wildman–Crippen LogP) is 1.76. The van der Waals surface area contributed by atoms with Gasteiger partial charge >= 0.3 is 0 Å². The van der Waals surface area contributed by atoms with E-state index in [1.54, 1.807) is 13.0 Å². The summed E-state index contributed by atoms with van der Waals surface area (Å²) in [5.74, 6) is -0.567. The Balaban J connectivity index is 0.00000264. The largest absolute Gasteiger partial charge is 0.472 e. The lowest BCUT2D eigenvalue weighted by atomic mass is 10.1. The van der Waals surface area contributed by atoms with Gasteiger partial charge in [-0.25, -0.2) is 0 Å². The molecule has 0 aliphatic carbocycles. The second-order valence-electron chi connectivity index (χ2n) is 4.99. The molecule has 0 saturated heterocycles. The van der Waals surface area contributed by atoms with Gasteiger partial charge in [0.15, 0.2) is 0 Å². The number of rotatable bonds is 6. The van der Waals surface area contributed by atoms with E-state index in [9.17, 15) is 9.59 Å². The highest BCUT2D eigenvalue weighted by molar-refractivity contribution is 5.97. The number of hydrogen-bond donors (Lipinski definition) is 3. The number of nitrogens with two attached hydrogens (primary N) is 1. The van der Waals surface area contributed by atoms with Gasteiger partial charge in [-0.15, -0.1) is 12.4 Å². The molecule has 0 saturated carbocycles. The highest BCUT2D eigenvalue weighted by atomic mass is 35.5. The second-order valence-corrected chi connectivity index (χ2v) is 4.99. The van der Waals surface area contributed by atoms with Gasteiger partial charge in [-0.2, -0.15) is 0 Å². The summed E-state index contributed by atoms with van der Waals surface area (Å²) < 4.78 is 4.83. The van der Waals surface area contributed by atoms with E-state index < -0.39 is 6.04 Å². The molecule has 2 rings (SSSR count). The molecule has 1 unspecified atom stereocenters. The summed E-state index contributed by atoms with van der Waals surface area (Å²) in [5.41, 5.74) is 7.80. The van der Waals surface area contributed by atoms with E-state index in [2.05, 4.69) is 10.6 Å². The van der Waals surface area contributed by atoms with Crippen molar-refractivity contribution in [2.45, 2.75) is 19.4 Å². The molecular formula is C16H20ClN3O3. The smallest absolute Gasteiger partial charge is 0.255 e. The average Bonchev–Trinajstić information content (AvgIpc) is 3.03. The highest BCUT2D eigenvalue weighted by Gasteiger charge is 2.16. The van der Waals surface area contributed by atoms with Crippen molar-refractivity contribution in [3.05, 3.63) is 54.0 Å². The number of nitrogen functional groups attached to an aromatic ring is 1. The van der Waals surface area contributed by atoms with Crippen molar-refractivity contribution in [3.8, 4) is 0 Å². The molecule has 2 aromatic rings. The Kier molecular flexibility index (Phi) is 7.15. The van der Waals surface area contributed by atoms with Crippen molar-refractivity contribution in [3.63, 3.8) is 0 Å². The molecule has 6 nitrogen and oxygen atoms in total. The van der Waals surface area contributed by atoms with Crippen LogP contribution < -0.4 is 16.4 Å². The number of halogens is 1. The lowest BCUT2D eigenvalue weighted by Gasteiger charge is -2.13. The fourth-order valence-electron chi connectivity index (χ4n) is 1.91. The summed E-state index contributed by atoms with van der Waals surface area (Å²) in [6, 6.07) is 8.42. The molecule has 0 aliphatic heterocycles. The van der Waals surface area contributed by atoms with Gasteiger partial charge < -0.3 is 20.8 Å². The van der Waals surface area contributed by atoms with E-state index in [0.717, 1.165) is 5.56 Å². The molecular weight excluding hydrogens is 318 g/mol. The SMILES string of the molecule is CC(NC(=O)c1ccoc1)C(=O)NCCc1ccc(N)cc1.Cl. The van der Waals surface area contributed by atoms with Crippen LogP contribution in [0.15, 0.2) is 47.3 Å². The van der Waals surface area contributed by atoms with E-state index in [1.165, 1.54) is 12.5 Å². The van der Waals surface area contributed by atoms with Gasteiger partial charge in [-0.05, 0) is 37.1 Å². The molecule has 1 aromatic carbocycles. The third-order valence-electron chi connectivity index (χ3n) is 3.22. The Morgan fingerprint density at radius 2 is 1.91 bits per heavy atom. The minimum Gasteiger partial charge on any atom is -0.472 e. The third kappa shape index (κ3) is 5.67. The highest BCUT2D eigenvalue weighted by Crippen LogP contribution is 2.05. The average molecular weight is 338 g/mol. The van der Waals surface area contributed by atoms with E-state index in [1.807, 2.05) is 24.3 Å². The third-order valence-corrected chi connectivity index (χ3v) is 3.22. The van der Waals surface area contributed by atoms with Crippen LogP contribution in [0.5, 0.6) is 0 Å². The molecule has 1 heterocycles. The first-order valence-electron chi connectivity index (χ1n) is 7.01. The quantitative estimate of drug-likeness (QED) is 0.700. The molecule has 1 atom stereocenters. The number of anilines is 1. The molecule has 1 aromatic heterocycles. The fraction of sp³-hybridized carbons (Fsp3) is 0.250. The van der Waals surface area contributed by atoms with Crippen molar-refractivity contribution < 1.29 is 14.0 Å². The Hall–Kier alpha value is -2.47. The van der Waals surface area contributed by atoms with Gasteiger partial charge in [-0.1, -0.05) is 12.1 Å². The summed E-state index contributed by atoms with van der Waals surface area (Å²) in [7, 11) is 0. The monoisotopic (exact) mass is 337 g/mol. The van der Waals surface area contributed by atoms with Crippen LogP contribution in [-0.4, -0.2) is 24.4 Å². The summed E-state index contributed by atoms with van der Waals surface area (Å²) in [6.07, 6.45) is 3.45. The zero-order valence-corrected chi connectivity index (χ0v) is 13.6. The van der Waals surface area contributed by atoms with Crippen molar-refractivity contribution in [2.24, 2.45) is 0 Å². The van der Waals surface area contributed by atoms with Gasteiger partial charge in [0.1, 0.15) is 12.3 Å². The number of amides is 2. The second kappa shape index (κ2) is 8.85. The number of hydrogen-bond acceptors (Lipinski definition) is 4. The Bertz CT molecular complexity index is 627. The van der Waals surface area contributed by atoms with Gasteiger partial charge in [0.2, 0.25) is 5.91 Å². The zero-order chi connectivity index (χ0) is 15.9. The summed E-state index contributed by atoms with van der Waals surface area (Å²) >= 11 is 0. The number of carbonyl (C=O) groups excluding carboxylic acids is 2. The van der Waals surface area contributed by atoms with Gasteiger partial charge in [-0.3, -0.25) is 9.59 Å². The summed E-state index contributed by atoms with van der Waals surface area (Å²) in [5, 5.41) is 5.40. The first-order chi connectivity index (χ1) is 10.6. The first kappa shape index (κ1) is 18.6. The molecule has 0 aliphatic rings. The van der Waals surface area contributed by atoms with Crippen LogP contribution in [0.3, 0.4) is 0 Å². The van der Waals surface area contributed by atoms with Crippen molar-refractivity contribution >= 4 is 29.9 Å². The maximum Gasteiger partial charge on any atom is 0.255 e.